The number of fused-ring (bicyclic) bond motifs is 3. The number of aromatic nitrogens is 1. The molecule has 0 saturated carbocycles. The first-order valence-corrected chi connectivity index (χ1v) is 13.7. The molecule has 0 radical (unpaired) electrons. The van der Waals surface area contributed by atoms with Crippen LogP contribution in [0.25, 0.3) is 21.7 Å². The summed E-state index contributed by atoms with van der Waals surface area (Å²) in [6.45, 7) is 10.9. The maximum atomic E-state index is 13.1. The average Bonchev–Trinajstić information content (AvgIpc) is 3.27. The van der Waals surface area contributed by atoms with Crippen LogP contribution >= 0.6 is 11.3 Å². The normalized spacial score (nSPS) is 17.1. The highest BCUT2D eigenvalue weighted by Crippen LogP contribution is 2.44. The molecule has 3 heterocycles. The van der Waals surface area contributed by atoms with Gasteiger partial charge < -0.3 is 9.64 Å². The van der Waals surface area contributed by atoms with E-state index in [0.717, 1.165) is 66.6 Å². The molecule has 0 bridgehead atoms. The molecule has 0 N–H and O–H groups in total. The van der Waals surface area contributed by atoms with Gasteiger partial charge in [-0.05, 0) is 56.5 Å². The zero-order valence-electron chi connectivity index (χ0n) is 21.0. The van der Waals surface area contributed by atoms with Gasteiger partial charge in [-0.2, -0.15) is 0 Å². The van der Waals surface area contributed by atoms with Crippen molar-refractivity contribution in [3.05, 3.63) is 58.6 Å². The van der Waals surface area contributed by atoms with Crippen LogP contribution in [0.1, 0.15) is 49.2 Å². The van der Waals surface area contributed by atoms with E-state index in [9.17, 15) is 4.79 Å². The van der Waals surface area contributed by atoms with Crippen molar-refractivity contribution in [3.63, 3.8) is 0 Å². The van der Waals surface area contributed by atoms with Crippen molar-refractivity contribution in [2.75, 3.05) is 26.2 Å². The van der Waals surface area contributed by atoms with E-state index in [1.807, 2.05) is 0 Å². The summed E-state index contributed by atoms with van der Waals surface area (Å²) in [4.78, 5) is 23.8. The van der Waals surface area contributed by atoms with E-state index >= 15 is 0 Å². The molecule has 2 aliphatic rings. The number of aryl methyl sites for hydroxylation is 2. The lowest BCUT2D eigenvalue weighted by Crippen LogP contribution is -2.49. The van der Waals surface area contributed by atoms with E-state index in [0.29, 0.717) is 19.1 Å². The summed E-state index contributed by atoms with van der Waals surface area (Å²) < 4.78 is 6.21. The number of thiazole rings is 1. The zero-order valence-corrected chi connectivity index (χ0v) is 21.9. The summed E-state index contributed by atoms with van der Waals surface area (Å²) in [7, 11) is 0. The van der Waals surface area contributed by atoms with Crippen molar-refractivity contribution in [2.24, 2.45) is 0 Å². The number of likely N-dealkylation sites (tertiary alicyclic amines) is 1. The fourth-order valence-electron chi connectivity index (χ4n) is 5.50. The predicted octanol–water partition coefficient (Wildman–Crippen LogP) is 5.94. The van der Waals surface area contributed by atoms with Crippen molar-refractivity contribution in [1.82, 2.24) is 14.8 Å². The molecule has 6 heteroatoms. The maximum Gasteiger partial charge on any atom is 0.222 e. The summed E-state index contributed by atoms with van der Waals surface area (Å²) in [5.74, 6) is 1.19. The van der Waals surface area contributed by atoms with Crippen molar-refractivity contribution in [2.45, 2.75) is 59.1 Å². The van der Waals surface area contributed by atoms with Gasteiger partial charge in [-0.1, -0.05) is 50.2 Å². The Bertz CT molecular complexity index is 1200. The Labute approximate surface area is 212 Å². The number of benzene rings is 2. The first kappa shape index (κ1) is 24.0. The minimum atomic E-state index is 0.272. The van der Waals surface area contributed by atoms with E-state index in [-0.39, 0.29) is 5.91 Å². The monoisotopic (exact) mass is 489 g/mol. The number of para-hydroxylation sites is 1. The molecule has 0 aliphatic carbocycles. The molecule has 1 unspecified atom stereocenters. The van der Waals surface area contributed by atoms with Crippen molar-refractivity contribution in [1.29, 1.82) is 0 Å². The van der Waals surface area contributed by atoms with Gasteiger partial charge in [-0.25, -0.2) is 4.98 Å². The van der Waals surface area contributed by atoms with Crippen molar-refractivity contribution < 1.29 is 9.53 Å². The number of rotatable bonds is 7. The lowest BCUT2D eigenvalue weighted by molar-refractivity contribution is -0.133. The van der Waals surface area contributed by atoms with E-state index in [2.05, 4.69) is 73.0 Å². The minimum Gasteiger partial charge on any atom is -0.487 e. The Balaban J connectivity index is 1.30. The topological polar surface area (TPSA) is 45.7 Å². The number of hydrogen-bond donors (Lipinski definition) is 0. The van der Waals surface area contributed by atoms with Crippen molar-refractivity contribution >= 4 is 17.2 Å². The van der Waals surface area contributed by atoms with Gasteiger partial charge >= 0.3 is 0 Å². The highest BCUT2D eigenvalue weighted by atomic mass is 32.1. The fourth-order valence-corrected chi connectivity index (χ4v) is 6.59. The summed E-state index contributed by atoms with van der Waals surface area (Å²) in [6, 6.07) is 15.2. The second kappa shape index (κ2) is 10.5. The molecule has 1 amide bonds. The number of hydrogen-bond acceptors (Lipinski definition) is 5. The number of carbonyl (C=O) groups excluding carboxylic acids is 1. The van der Waals surface area contributed by atoms with E-state index in [4.69, 9.17) is 9.72 Å². The molecule has 184 valence electrons. The highest BCUT2D eigenvalue weighted by molar-refractivity contribution is 7.15. The molecule has 5 nitrogen and oxygen atoms in total. The van der Waals surface area contributed by atoms with Gasteiger partial charge in [0.05, 0.1) is 11.3 Å². The van der Waals surface area contributed by atoms with Gasteiger partial charge in [0.25, 0.3) is 0 Å². The Morgan fingerprint density at radius 2 is 1.89 bits per heavy atom. The van der Waals surface area contributed by atoms with Crippen LogP contribution in [0.5, 0.6) is 5.75 Å². The third kappa shape index (κ3) is 4.87. The van der Waals surface area contributed by atoms with E-state index in [1.165, 1.54) is 22.4 Å². The van der Waals surface area contributed by atoms with Gasteiger partial charge in [0.2, 0.25) is 5.91 Å². The van der Waals surface area contributed by atoms with Gasteiger partial charge in [0, 0.05) is 36.0 Å². The largest absolute Gasteiger partial charge is 0.487 e. The first-order chi connectivity index (χ1) is 17.1. The predicted molar refractivity (Wildman–Crippen MR) is 143 cm³/mol. The van der Waals surface area contributed by atoms with Crippen LogP contribution in [0, 0.1) is 6.92 Å². The molecule has 3 aromatic rings. The minimum absolute atomic E-state index is 0.272. The Hall–Kier alpha value is -2.70. The number of piperidine rings is 1. The van der Waals surface area contributed by atoms with Crippen LogP contribution < -0.4 is 4.74 Å². The third-order valence-corrected chi connectivity index (χ3v) is 8.71. The quantitative estimate of drug-likeness (QED) is 0.412. The standard InChI is InChI=1S/C29H35N3O2S/c1-4-31(5-2)22-11-9-17-32(18-22)27(33)16-15-26-20(3)30-29(35-26)25-14-8-13-24-23-12-7-6-10-21(23)19-34-28(24)25/h6-8,10,12-14,22H,4-5,9,11,15-19H2,1-3H3. The average molecular weight is 490 g/mol. The van der Waals surface area contributed by atoms with Gasteiger partial charge in [0.1, 0.15) is 17.4 Å². The smallest absolute Gasteiger partial charge is 0.222 e. The number of likely N-dealkylation sites (N-methyl/N-ethyl adjacent to an activating group) is 1. The second-order valence-corrected chi connectivity index (χ2v) is 10.6. The van der Waals surface area contributed by atoms with Crippen LogP contribution in [0.4, 0.5) is 0 Å². The summed E-state index contributed by atoms with van der Waals surface area (Å²) >= 11 is 1.70. The number of ether oxygens (including phenoxy) is 1. The molecule has 1 aromatic heterocycles. The van der Waals surface area contributed by atoms with Gasteiger partial charge in [-0.3, -0.25) is 9.69 Å². The summed E-state index contributed by atoms with van der Waals surface area (Å²) in [5, 5.41) is 0.973. The Morgan fingerprint density at radius 1 is 1.11 bits per heavy atom. The van der Waals surface area contributed by atoms with Crippen LogP contribution in [-0.4, -0.2) is 52.9 Å². The summed E-state index contributed by atoms with van der Waals surface area (Å²) in [6.07, 6.45) is 3.58. The fraction of sp³-hybridized carbons (Fsp3) is 0.448. The van der Waals surface area contributed by atoms with Crippen LogP contribution in [-0.2, 0) is 17.8 Å². The van der Waals surface area contributed by atoms with Crippen LogP contribution in [0.15, 0.2) is 42.5 Å². The van der Waals surface area contributed by atoms with Gasteiger partial charge in [-0.15, -0.1) is 11.3 Å². The molecule has 0 spiro atoms. The maximum absolute atomic E-state index is 13.1. The number of nitrogens with zero attached hydrogens (tertiary/aromatic N) is 3. The van der Waals surface area contributed by atoms with Crippen LogP contribution in [0.2, 0.25) is 0 Å². The molecule has 1 atom stereocenters. The molecular weight excluding hydrogens is 454 g/mol. The van der Waals surface area contributed by atoms with Crippen molar-refractivity contribution in [3.8, 4) is 27.4 Å². The van der Waals surface area contributed by atoms with E-state index in [1.54, 1.807) is 11.3 Å². The summed E-state index contributed by atoms with van der Waals surface area (Å²) in [5.41, 5.74) is 5.64. The number of amides is 1. The lowest BCUT2D eigenvalue weighted by Gasteiger charge is -2.38. The van der Waals surface area contributed by atoms with Crippen LogP contribution in [0.3, 0.4) is 0 Å². The molecule has 2 aromatic carbocycles. The molecular formula is C29H35N3O2S. The SMILES string of the molecule is CCN(CC)C1CCCN(C(=O)CCc2sc(-c3cccc4c3OCc3ccccc3-4)nc2C)C1. The molecule has 1 saturated heterocycles. The Morgan fingerprint density at radius 3 is 2.71 bits per heavy atom. The third-order valence-electron chi connectivity index (χ3n) is 7.46. The van der Waals surface area contributed by atoms with E-state index < -0.39 is 0 Å². The molecule has 2 aliphatic heterocycles. The lowest BCUT2D eigenvalue weighted by atomic mass is 9.95. The number of carbonyl (C=O) groups is 1. The van der Waals surface area contributed by atoms with Gasteiger partial charge in [0.15, 0.2) is 0 Å². The molecule has 5 rings (SSSR count). The second-order valence-electron chi connectivity index (χ2n) is 9.51. The highest BCUT2D eigenvalue weighted by Gasteiger charge is 2.27. The first-order valence-electron chi connectivity index (χ1n) is 12.9. The molecule has 1 fully saturated rings. The molecule has 35 heavy (non-hydrogen) atoms. The zero-order chi connectivity index (χ0) is 24.4. The Kier molecular flexibility index (Phi) is 7.21.